The molecule has 5 heterocycles. The molecule has 0 aliphatic carbocycles. The predicted molar refractivity (Wildman–Crippen MR) is 587 cm³/mol. The van der Waals surface area contributed by atoms with Crippen molar-refractivity contribution < 1.29 is 91.2 Å². The average molecular weight is 2110 g/mol. The quantitative estimate of drug-likeness (QED) is 0.0152. The minimum absolute atomic E-state index is 0.0109. The van der Waals surface area contributed by atoms with Crippen molar-refractivity contribution in [1.82, 2.24) is 29.8 Å². The van der Waals surface area contributed by atoms with Crippen molar-refractivity contribution in [2.75, 3.05) is 176 Å². The maximum absolute atomic E-state index is 12.5. The molecule has 6 aromatic carbocycles. The Morgan fingerprint density at radius 3 is 1.04 bits per heavy atom. The van der Waals surface area contributed by atoms with Crippen LogP contribution in [0.25, 0.3) is 0 Å². The summed E-state index contributed by atoms with van der Waals surface area (Å²) in [4.78, 5) is 110. The molecule has 808 valence electrons. The molecule has 5 amide bonds. The highest BCUT2D eigenvalue weighted by molar-refractivity contribution is 9.09. The normalized spacial score (nSPS) is 15.4. The number of carbonyl (C=O) groups excluding carboxylic acids is 7. The Bertz CT molecular complexity index is 5030. The number of anilines is 4. The molecule has 5 aliphatic rings. The van der Waals surface area contributed by atoms with E-state index in [1.54, 1.807) is 55.7 Å². The molecule has 5 fully saturated rings. The number of amides is 5. The number of ether oxygens (including phenoxy) is 7. The second kappa shape index (κ2) is 61.4. The lowest BCUT2D eigenvalue weighted by Gasteiger charge is -2.38. The Kier molecular flexibility index (Phi) is 53.8. The topological polar surface area (TPSA) is 303 Å². The SMILES string of the molecule is C=CCBr.C=CCOC(c1cc(C)ccc1N1CCN(C(=O)OC(C)(C)C)CC1)C(C)C.CC(C)(C)OC(=O)N1CCNCC1.Cc1cc(Cl)ccc1C[C@@H](C)C(=O)O.Cc1ccc(F)c(C=O)c1.Cc1ccc(N2CCN(C(=O)OC(C)(C)C)CC2)c(C(O)C(C)C)c1.Cc1ccc(N2CCN(C(=O)OC(C)(C)C)CC2)c(C(OCCCO)C(C)C)c1.Cc1ccc(N2CCN(C(=O)OC(C)(C)C)CC2)c(C=O)c1. The number of nitrogens with one attached hydrogen (secondary N) is 1. The van der Waals surface area contributed by atoms with Gasteiger partial charge in [-0.3, -0.25) is 14.4 Å². The number of carbonyl (C=O) groups is 8. The Hall–Kier alpha value is -10.3. The average Bonchev–Trinajstić information content (AvgIpc) is 0.808. The van der Waals surface area contributed by atoms with Crippen molar-refractivity contribution in [3.8, 4) is 0 Å². The molecular formula is C114H173BrClFN10O18. The zero-order valence-electron chi connectivity index (χ0n) is 92.2. The van der Waals surface area contributed by atoms with Gasteiger partial charge in [0, 0.05) is 199 Å². The summed E-state index contributed by atoms with van der Waals surface area (Å²) in [5.74, 6) is -0.751. The van der Waals surface area contributed by atoms with Gasteiger partial charge >= 0.3 is 36.4 Å². The molecule has 0 saturated carbocycles. The van der Waals surface area contributed by atoms with E-state index in [0.29, 0.717) is 120 Å². The van der Waals surface area contributed by atoms with E-state index in [4.69, 9.17) is 55.0 Å². The smallest absolute Gasteiger partial charge is 0.410 e. The minimum Gasteiger partial charge on any atom is -0.481 e. The highest BCUT2D eigenvalue weighted by Gasteiger charge is 2.35. The van der Waals surface area contributed by atoms with E-state index in [0.717, 1.165) is 122 Å². The monoisotopic (exact) mass is 2100 g/mol. The van der Waals surface area contributed by atoms with Crippen molar-refractivity contribution in [2.24, 2.45) is 23.7 Å². The minimum atomic E-state index is -0.764. The van der Waals surface area contributed by atoms with Gasteiger partial charge in [-0.05, 0) is 242 Å². The fourth-order valence-electron chi connectivity index (χ4n) is 15.8. The molecule has 28 nitrogen and oxygen atoms in total. The van der Waals surface area contributed by atoms with Crippen molar-refractivity contribution in [3.63, 3.8) is 0 Å². The number of halogens is 3. The lowest BCUT2D eigenvalue weighted by atomic mass is 9.95. The number of alkyl halides is 1. The zero-order chi connectivity index (χ0) is 109. The van der Waals surface area contributed by atoms with E-state index in [2.05, 4.69) is 150 Å². The van der Waals surface area contributed by atoms with Gasteiger partial charge in [0.15, 0.2) is 12.6 Å². The second-order valence-corrected chi connectivity index (χ2v) is 44.2. The lowest BCUT2D eigenvalue weighted by Crippen LogP contribution is -2.50. The maximum atomic E-state index is 12.5. The molecule has 5 aliphatic heterocycles. The number of nitrogens with zero attached hydrogens (tertiary/aromatic N) is 9. The summed E-state index contributed by atoms with van der Waals surface area (Å²) in [5, 5.41) is 33.2. The van der Waals surface area contributed by atoms with Crippen molar-refractivity contribution >= 4 is 99.3 Å². The number of carboxylic acids is 1. The van der Waals surface area contributed by atoms with Crippen LogP contribution in [-0.4, -0.2) is 273 Å². The number of aliphatic hydroxyl groups is 2. The number of hydrogen-bond donors (Lipinski definition) is 4. The first-order valence-corrected chi connectivity index (χ1v) is 52.2. The highest BCUT2D eigenvalue weighted by atomic mass is 79.9. The van der Waals surface area contributed by atoms with Crippen molar-refractivity contribution in [3.05, 3.63) is 212 Å². The van der Waals surface area contributed by atoms with Gasteiger partial charge in [-0.2, -0.15) is 0 Å². The molecule has 31 heteroatoms. The summed E-state index contributed by atoms with van der Waals surface area (Å²) in [6, 6.07) is 35.1. The first-order chi connectivity index (χ1) is 67.8. The van der Waals surface area contributed by atoms with Crippen LogP contribution in [0.5, 0.6) is 0 Å². The summed E-state index contributed by atoms with van der Waals surface area (Å²) in [6.07, 6.45) is 4.49. The van der Waals surface area contributed by atoms with Crippen LogP contribution < -0.4 is 24.9 Å². The second-order valence-electron chi connectivity index (χ2n) is 43.1. The number of carboxylic acid groups (broad SMARTS) is 1. The van der Waals surface area contributed by atoms with E-state index in [1.165, 1.54) is 45.8 Å². The van der Waals surface area contributed by atoms with Crippen LogP contribution in [0.3, 0.4) is 0 Å². The van der Waals surface area contributed by atoms with Gasteiger partial charge in [0.2, 0.25) is 0 Å². The van der Waals surface area contributed by atoms with Crippen LogP contribution in [-0.2, 0) is 44.4 Å². The van der Waals surface area contributed by atoms with Gasteiger partial charge in [0.05, 0.1) is 36.4 Å². The van der Waals surface area contributed by atoms with Crippen molar-refractivity contribution in [1.29, 1.82) is 0 Å². The van der Waals surface area contributed by atoms with Crippen LogP contribution in [0.4, 0.5) is 51.1 Å². The molecule has 6 aromatic rings. The third-order valence-electron chi connectivity index (χ3n) is 23.1. The molecular weight excluding hydrogens is 1930 g/mol. The van der Waals surface area contributed by atoms with Gasteiger partial charge in [-0.1, -0.05) is 171 Å². The lowest BCUT2D eigenvalue weighted by molar-refractivity contribution is -0.141. The third-order valence-corrected chi connectivity index (χ3v) is 23.8. The fourth-order valence-corrected chi connectivity index (χ4v) is 16.0. The third kappa shape index (κ3) is 46.7. The Labute approximate surface area is 879 Å². The summed E-state index contributed by atoms with van der Waals surface area (Å²) >= 11 is 8.93. The van der Waals surface area contributed by atoms with Crippen LogP contribution in [0.2, 0.25) is 5.02 Å². The van der Waals surface area contributed by atoms with Crippen LogP contribution >= 0.6 is 27.5 Å². The fraction of sp³-hybridized carbons (Fsp3) is 0.579. The number of hydrogen-bond acceptors (Lipinski definition) is 22. The summed E-state index contributed by atoms with van der Waals surface area (Å²) in [7, 11) is 0. The molecule has 4 atom stereocenters. The predicted octanol–water partition coefficient (Wildman–Crippen LogP) is 23.0. The molecule has 0 spiro atoms. The molecule has 0 radical (unpaired) electrons. The van der Waals surface area contributed by atoms with Crippen LogP contribution in [0.15, 0.2) is 135 Å². The standard InChI is InChI=1S/C23H38N2O4.C23H36N2O3.C20H32N2O3.C17H24N2O3.C11H13ClO2.C9H18N2O2.C8H7FO.C3H5Br/c1-17(2)21(28-15-7-14-26)19-16-18(3)8-9-20(19)24-10-12-25(13-11-24)22(27)29-23(4,5)6;1-8-15-27-21(17(2)3)19-16-18(4)9-10-20(19)24-11-13-25(14-12-24)22(26)28-23(5,6)7;1-14(2)18(23)16-13-15(3)7-8-17(16)21-9-11-22(12-10-21)19(24)25-20(4,5)6;1-13-5-6-15(14(11-13)12-20)18-7-9-19(10-8-18)16(21)22-17(2,3)4;1-7-6-10(12)4-3-9(7)5-8(2)11(13)14;1-9(2,3)13-8(12)11-6-4-10-5-7-11;1-6-2-3-8(9)7(4-6)5-10;1-2-3-4/h8-9,16-17,21,26H,7,10-15H2,1-6H3;8-10,16-17,21H,1,11-15H2,2-7H3;7-8,13-14,18,23H,9-12H2,1-6H3;5-6,11-12H,7-10H2,1-4H3;3-4,6,8H,5H2,1-2H3,(H,13,14);10H,4-7H2,1-3H3;2-5H,1H3;2H,1,3H2/t;;;;8-;;;/m....1.../s1. The van der Waals surface area contributed by atoms with Gasteiger partial charge < -0.3 is 97.9 Å². The molecule has 4 N–H and O–H groups in total. The Balaban J connectivity index is 0.000000358. The first-order valence-electron chi connectivity index (χ1n) is 50.7. The van der Waals surface area contributed by atoms with E-state index >= 15 is 0 Å². The summed E-state index contributed by atoms with van der Waals surface area (Å²) < 4.78 is 51.9. The maximum Gasteiger partial charge on any atom is 0.410 e. The molecule has 0 bridgehead atoms. The largest absolute Gasteiger partial charge is 0.481 e. The summed E-state index contributed by atoms with van der Waals surface area (Å²) in [6.45, 7) is 77.3. The first kappa shape index (κ1) is 127. The molecule has 0 aromatic heterocycles. The molecule has 145 heavy (non-hydrogen) atoms. The Morgan fingerprint density at radius 2 is 0.738 bits per heavy atom. The van der Waals surface area contributed by atoms with E-state index in [9.17, 15) is 47.9 Å². The number of piperazine rings is 5. The van der Waals surface area contributed by atoms with E-state index in [1.807, 2.05) is 176 Å². The number of aryl methyl sites for hydroxylation is 6. The number of benzene rings is 6. The van der Waals surface area contributed by atoms with Crippen molar-refractivity contribution in [2.45, 2.75) is 253 Å². The van der Waals surface area contributed by atoms with Crippen LogP contribution in [0.1, 0.15) is 253 Å². The number of allylic oxidation sites excluding steroid dienone is 1. The van der Waals surface area contributed by atoms with Gasteiger partial charge in [0.1, 0.15) is 33.8 Å². The van der Waals surface area contributed by atoms with Gasteiger partial charge in [-0.15, -0.1) is 13.2 Å². The zero-order valence-corrected chi connectivity index (χ0v) is 94.5. The van der Waals surface area contributed by atoms with Gasteiger partial charge in [-0.25, -0.2) is 28.4 Å². The molecule has 5 saturated heterocycles. The number of aldehydes is 2. The van der Waals surface area contributed by atoms with Gasteiger partial charge in [0.25, 0.3) is 0 Å². The highest BCUT2D eigenvalue weighted by Crippen LogP contribution is 2.39. The van der Waals surface area contributed by atoms with Crippen LogP contribution in [0, 0.1) is 71.0 Å². The molecule has 3 unspecified atom stereocenters. The number of rotatable bonds is 23. The number of aliphatic carboxylic acids is 1. The number of aliphatic hydroxyl groups excluding tert-OH is 2. The molecule has 11 rings (SSSR count). The Morgan fingerprint density at radius 1 is 0.428 bits per heavy atom. The van der Waals surface area contributed by atoms with E-state index in [-0.39, 0.29) is 72.3 Å². The van der Waals surface area contributed by atoms with E-state index < -0.39 is 40.3 Å². The summed E-state index contributed by atoms with van der Waals surface area (Å²) in [5.41, 5.74) is 13.9.